The van der Waals surface area contributed by atoms with Gasteiger partial charge in [-0.15, -0.1) is 0 Å². The van der Waals surface area contributed by atoms with Crippen molar-refractivity contribution in [3.05, 3.63) is 23.8 Å². The van der Waals surface area contributed by atoms with E-state index in [0.717, 1.165) is 31.7 Å². The van der Waals surface area contributed by atoms with Crippen LogP contribution in [-0.2, 0) is 11.2 Å². The zero-order valence-electron chi connectivity index (χ0n) is 11.4. The standard InChI is InChI=1S/C14H20N2O3/c1-18-12-7-11(8-13(10-12)19-2)9-14(17)16-5-3-15-4-6-16/h7-8,10,15H,3-6,9H2,1-2H3. The molecule has 1 aliphatic rings. The zero-order valence-corrected chi connectivity index (χ0v) is 11.4. The first-order valence-corrected chi connectivity index (χ1v) is 6.43. The van der Waals surface area contributed by atoms with Crippen molar-refractivity contribution >= 4 is 5.91 Å². The van der Waals surface area contributed by atoms with Crippen molar-refractivity contribution in [3.63, 3.8) is 0 Å². The molecule has 1 amide bonds. The fourth-order valence-corrected chi connectivity index (χ4v) is 2.17. The van der Waals surface area contributed by atoms with E-state index in [2.05, 4.69) is 5.32 Å². The van der Waals surface area contributed by atoms with Gasteiger partial charge < -0.3 is 19.7 Å². The summed E-state index contributed by atoms with van der Waals surface area (Å²) in [5.74, 6) is 1.57. The van der Waals surface area contributed by atoms with E-state index in [1.54, 1.807) is 20.3 Å². The van der Waals surface area contributed by atoms with Gasteiger partial charge in [0.25, 0.3) is 0 Å². The van der Waals surface area contributed by atoms with Crippen molar-refractivity contribution in [3.8, 4) is 11.5 Å². The van der Waals surface area contributed by atoms with Crippen LogP contribution in [0.3, 0.4) is 0 Å². The zero-order chi connectivity index (χ0) is 13.7. The van der Waals surface area contributed by atoms with E-state index in [-0.39, 0.29) is 5.91 Å². The Balaban J connectivity index is 2.06. The fraction of sp³-hybridized carbons (Fsp3) is 0.500. The quantitative estimate of drug-likeness (QED) is 0.869. The monoisotopic (exact) mass is 264 g/mol. The van der Waals surface area contributed by atoms with Crippen LogP contribution in [0, 0.1) is 0 Å². The molecule has 1 heterocycles. The minimum absolute atomic E-state index is 0.150. The second kappa shape index (κ2) is 6.43. The average Bonchev–Trinajstić information content (AvgIpc) is 2.47. The Morgan fingerprint density at radius 1 is 1.16 bits per heavy atom. The first kappa shape index (κ1) is 13.7. The fourth-order valence-electron chi connectivity index (χ4n) is 2.17. The van der Waals surface area contributed by atoms with Gasteiger partial charge in [-0.3, -0.25) is 4.79 Å². The Labute approximate surface area is 113 Å². The van der Waals surface area contributed by atoms with Crippen LogP contribution in [0.2, 0.25) is 0 Å². The molecule has 1 N–H and O–H groups in total. The van der Waals surface area contributed by atoms with Crippen LogP contribution < -0.4 is 14.8 Å². The number of rotatable bonds is 4. The van der Waals surface area contributed by atoms with Crippen LogP contribution in [0.4, 0.5) is 0 Å². The molecule has 0 bridgehead atoms. The number of hydrogen-bond acceptors (Lipinski definition) is 4. The van der Waals surface area contributed by atoms with E-state index in [1.165, 1.54) is 0 Å². The Hall–Kier alpha value is -1.75. The lowest BCUT2D eigenvalue weighted by molar-refractivity contribution is -0.131. The third kappa shape index (κ3) is 3.61. The molecule has 19 heavy (non-hydrogen) atoms. The molecule has 0 aliphatic carbocycles. The summed E-state index contributed by atoms with van der Waals surface area (Å²) in [5.41, 5.74) is 0.916. The molecule has 0 atom stereocenters. The SMILES string of the molecule is COc1cc(CC(=O)N2CCNCC2)cc(OC)c1. The molecule has 0 saturated carbocycles. The molecular weight excluding hydrogens is 244 g/mol. The van der Waals surface area contributed by atoms with Crippen molar-refractivity contribution in [2.75, 3.05) is 40.4 Å². The van der Waals surface area contributed by atoms with Gasteiger partial charge in [0.15, 0.2) is 0 Å². The number of piperazine rings is 1. The molecular formula is C14H20N2O3. The van der Waals surface area contributed by atoms with Crippen molar-refractivity contribution in [2.45, 2.75) is 6.42 Å². The Bertz CT molecular complexity index is 420. The largest absolute Gasteiger partial charge is 0.497 e. The number of carbonyl (C=O) groups excluding carboxylic acids is 1. The van der Waals surface area contributed by atoms with E-state index in [1.807, 2.05) is 17.0 Å². The highest BCUT2D eigenvalue weighted by Crippen LogP contribution is 2.23. The number of carbonyl (C=O) groups is 1. The molecule has 2 rings (SSSR count). The molecule has 104 valence electrons. The van der Waals surface area contributed by atoms with Gasteiger partial charge in [0, 0.05) is 32.2 Å². The molecule has 1 aromatic rings. The van der Waals surface area contributed by atoms with Crippen LogP contribution in [0.5, 0.6) is 11.5 Å². The highest BCUT2D eigenvalue weighted by atomic mass is 16.5. The van der Waals surface area contributed by atoms with Gasteiger partial charge in [-0.05, 0) is 17.7 Å². The minimum Gasteiger partial charge on any atom is -0.497 e. The summed E-state index contributed by atoms with van der Waals surface area (Å²) in [6.45, 7) is 3.29. The third-order valence-electron chi connectivity index (χ3n) is 3.24. The summed E-state index contributed by atoms with van der Waals surface area (Å²) < 4.78 is 10.4. The number of benzene rings is 1. The van der Waals surface area contributed by atoms with Crippen molar-refractivity contribution in [1.29, 1.82) is 0 Å². The van der Waals surface area contributed by atoms with Gasteiger partial charge in [0.2, 0.25) is 5.91 Å². The first-order valence-electron chi connectivity index (χ1n) is 6.43. The van der Waals surface area contributed by atoms with Gasteiger partial charge in [0.1, 0.15) is 11.5 Å². The van der Waals surface area contributed by atoms with Crippen LogP contribution >= 0.6 is 0 Å². The second-order valence-corrected chi connectivity index (χ2v) is 4.53. The number of amides is 1. The van der Waals surface area contributed by atoms with Gasteiger partial charge in [-0.2, -0.15) is 0 Å². The van der Waals surface area contributed by atoms with Crippen LogP contribution in [0.15, 0.2) is 18.2 Å². The Kier molecular flexibility index (Phi) is 4.63. The van der Waals surface area contributed by atoms with E-state index in [0.29, 0.717) is 17.9 Å². The summed E-state index contributed by atoms with van der Waals surface area (Å²) in [4.78, 5) is 14.1. The minimum atomic E-state index is 0.150. The number of methoxy groups -OCH3 is 2. The lowest BCUT2D eigenvalue weighted by Crippen LogP contribution is -2.46. The smallest absolute Gasteiger partial charge is 0.227 e. The maximum Gasteiger partial charge on any atom is 0.227 e. The van der Waals surface area contributed by atoms with Crippen molar-refractivity contribution in [2.24, 2.45) is 0 Å². The topological polar surface area (TPSA) is 50.8 Å². The summed E-state index contributed by atoms with van der Waals surface area (Å²) in [6, 6.07) is 5.56. The molecule has 0 aromatic heterocycles. The van der Waals surface area contributed by atoms with Crippen LogP contribution in [0.1, 0.15) is 5.56 Å². The Morgan fingerprint density at radius 2 is 1.74 bits per heavy atom. The third-order valence-corrected chi connectivity index (χ3v) is 3.24. The van der Waals surface area contributed by atoms with Crippen molar-refractivity contribution in [1.82, 2.24) is 10.2 Å². The van der Waals surface area contributed by atoms with Gasteiger partial charge in [-0.1, -0.05) is 0 Å². The highest BCUT2D eigenvalue weighted by molar-refractivity contribution is 5.79. The number of nitrogens with one attached hydrogen (secondary N) is 1. The molecule has 1 saturated heterocycles. The molecule has 5 heteroatoms. The summed E-state index contributed by atoms with van der Waals surface area (Å²) in [5, 5.41) is 3.24. The highest BCUT2D eigenvalue weighted by Gasteiger charge is 2.17. The normalized spacial score (nSPS) is 15.2. The predicted octanol–water partition coefficient (Wildman–Crippen LogP) is 0.678. The molecule has 0 radical (unpaired) electrons. The average molecular weight is 264 g/mol. The Morgan fingerprint density at radius 3 is 2.26 bits per heavy atom. The van der Waals surface area contributed by atoms with E-state index in [9.17, 15) is 4.79 Å². The molecule has 5 nitrogen and oxygen atoms in total. The molecule has 1 aromatic carbocycles. The maximum absolute atomic E-state index is 12.2. The predicted molar refractivity (Wildman–Crippen MR) is 72.7 cm³/mol. The van der Waals surface area contributed by atoms with Crippen LogP contribution in [0.25, 0.3) is 0 Å². The lowest BCUT2D eigenvalue weighted by Gasteiger charge is -2.27. The van der Waals surface area contributed by atoms with Crippen molar-refractivity contribution < 1.29 is 14.3 Å². The number of hydrogen-bond donors (Lipinski definition) is 1. The van der Waals surface area contributed by atoms with Gasteiger partial charge in [0.05, 0.1) is 20.6 Å². The number of ether oxygens (including phenoxy) is 2. The molecule has 1 fully saturated rings. The summed E-state index contributed by atoms with van der Waals surface area (Å²) in [7, 11) is 3.22. The number of nitrogens with zero attached hydrogens (tertiary/aromatic N) is 1. The first-order chi connectivity index (χ1) is 9.22. The maximum atomic E-state index is 12.2. The van der Waals surface area contributed by atoms with E-state index >= 15 is 0 Å². The van der Waals surface area contributed by atoms with Gasteiger partial charge >= 0.3 is 0 Å². The molecule has 1 aliphatic heterocycles. The van der Waals surface area contributed by atoms with Crippen LogP contribution in [-0.4, -0.2) is 51.2 Å². The summed E-state index contributed by atoms with van der Waals surface area (Å²) in [6.07, 6.45) is 0.382. The molecule has 0 unspecified atom stereocenters. The lowest BCUT2D eigenvalue weighted by atomic mass is 10.1. The van der Waals surface area contributed by atoms with E-state index in [4.69, 9.17) is 9.47 Å². The van der Waals surface area contributed by atoms with E-state index < -0.39 is 0 Å². The van der Waals surface area contributed by atoms with Gasteiger partial charge in [-0.25, -0.2) is 0 Å². The summed E-state index contributed by atoms with van der Waals surface area (Å²) >= 11 is 0. The second-order valence-electron chi connectivity index (χ2n) is 4.53. The molecule has 0 spiro atoms.